The Kier molecular flexibility index (Phi) is 9.71. The average Bonchev–Trinajstić information content (AvgIpc) is 2.94. The molecule has 4 rings (SSSR count). The second-order valence-electron chi connectivity index (χ2n) is 10.9. The number of anilines is 2. The van der Waals surface area contributed by atoms with Crippen LogP contribution in [-0.2, 0) is 30.3 Å². The van der Waals surface area contributed by atoms with E-state index >= 15 is 0 Å². The van der Waals surface area contributed by atoms with E-state index in [9.17, 15) is 19.2 Å². The van der Waals surface area contributed by atoms with Crippen LogP contribution in [0.5, 0.6) is 0 Å². The first-order valence-corrected chi connectivity index (χ1v) is 13.7. The smallest absolute Gasteiger partial charge is 0.251 e. The predicted molar refractivity (Wildman–Crippen MR) is 151 cm³/mol. The van der Waals surface area contributed by atoms with Gasteiger partial charge in [0.1, 0.15) is 17.9 Å². The molecule has 0 saturated carbocycles. The number of nitrogens with one attached hydrogen (secondary N) is 3. The van der Waals surface area contributed by atoms with E-state index < -0.39 is 42.0 Å². The van der Waals surface area contributed by atoms with Gasteiger partial charge in [-0.25, -0.2) is 4.98 Å². The molecule has 0 unspecified atom stereocenters. The maximum absolute atomic E-state index is 13.6. The number of morpholine rings is 1. The number of nitrogen functional groups attached to an aromatic ring is 1. The van der Waals surface area contributed by atoms with Crippen molar-refractivity contribution in [2.24, 2.45) is 5.92 Å². The highest BCUT2D eigenvalue weighted by molar-refractivity contribution is 5.93. The monoisotopic (exact) mass is 566 g/mol. The van der Waals surface area contributed by atoms with Crippen molar-refractivity contribution in [1.29, 1.82) is 0 Å². The SMILES string of the molecule is CC(C)C[C@@H]1NC(=O)CN(C)C(=O)[C@@H](Cc2ccccc2)NC(=O)[C@H]2CN(c3ccnc(N)n3)C[C@@H](CNC1=O)O2. The summed E-state index contributed by atoms with van der Waals surface area (Å²) in [4.78, 5) is 64.6. The molecule has 220 valence electrons. The number of hydrogen-bond donors (Lipinski definition) is 4. The number of rotatable bonds is 5. The van der Waals surface area contributed by atoms with Gasteiger partial charge < -0.3 is 36.2 Å². The van der Waals surface area contributed by atoms with E-state index in [0.29, 0.717) is 18.8 Å². The van der Waals surface area contributed by atoms with Crippen LogP contribution in [-0.4, -0.2) is 96.0 Å². The molecule has 4 atom stereocenters. The number of nitrogens with zero attached hydrogens (tertiary/aromatic N) is 4. The first-order valence-electron chi connectivity index (χ1n) is 13.7. The van der Waals surface area contributed by atoms with Crippen LogP contribution in [0.2, 0.25) is 0 Å². The van der Waals surface area contributed by atoms with E-state index in [4.69, 9.17) is 10.5 Å². The molecular formula is C28H38N8O5. The lowest BCUT2D eigenvalue weighted by atomic mass is 10.0. The van der Waals surface area contributed by atoms with Gasteiger partial charge in [-0.05, 0) is 24.0 Å². The van der Waals surface area contributed by atoms with Crippen LogP contribution in [0.1, 0.15) is 25.8 Å². The molecule has 4 amide bonds. The molecule has 1 aromatic heterocycles. The lowest BCUT2D eigenvalue weighted by Gasteiger charge is -2.38. The molecule has 2 fully saturated rings. The lowest BCUT2D eigenvalue weighted by Crippen LogP contribution is -2.59. The summed E-state index contributed by atoms with van der Waals surface area (Å²) in [6.07, 6.45) is 0.584. The number of nitrogens with two attached hydrogens (primary N) is 1. The fourth-order valence-corrected chi connectivity index (χ4v) is 4.98. The minimum Gasteiger partial charge on any atom is -0.368 e. The number of fused-ring (bicyclic) bond motifs is 2. The Hall–Kier alpha value is -4.26. The Balaban J connectivity index is 1.66. The number of amides is 4. The van der Waals surface area contributed by atoms with Crippen LogP contribution >= 0.6 is 0 Å². The fraction of sp³-hybridized carbons (Fsp3) is 0.500. The Labute approximate surface area is 239 Å². The van der Waals surface area contributed by atoms with Crippen LogP contribution < -0.4 is 26.6 Å². The predicted octanol–water partition coefficient (Wildman–Crippen LogP) is -0.521. The minimum atomic E-state index is -0.977. The Morgan fingerprint density at radius 3 is 2.49 bits per heavy atom. The maximum atomic E-state index is 13.6. The van der Waals surface area contributed by atoms with E-state index in [1.165, 1.54) is 18.1 Å². The standard InChI is InChI=1S/C28H38N8O5/c1-17(2)11-20-25(38)31-13-19-14-36(23-9-10-30-28(29)34-23)15-22(41-19)26(39)33-21(12-18-7-5-4-6-8-18)27(40)35(3)16-24(37)32-20/h4-10,17,19-22H,11-16H2,1-3H3,(H,31,38)(H,32,37)(H,33,39)(H2,29,30,34)/t19-,20+,21-,22-/m1/s1. The highest BCUT2D eigenvalue weighted by Crippen LogP contribution is 2.20. The molecule has 1 aromatic carbocycles. The van der Waals surface area contributed by atoms with Crippen molar-refractivity contribution < 1.29 is 23.9 Å². The molecule has 2 saturated heterocycles. The Morgan fingerprint density at radius 2 is 1.78 bits per heavy atom. The van der Waals surface area contributed by atoms with E-state index in [1.807, 2.05) is 49.1 Å². The van der Waals surface area contributed by atoms with Crippen LogP contribution in [0.25, 0.3) is 0 Å². The maximum Gasteiger partial charge on any atom is 0.251 e. The van der Waals surface area contributed by atoms with Crippen LogP contribution in [0, 0.1) is 5.92 Å². The van der Waals surface area contributed by atoms with Crippen molar-refractivity contribution in [3.63, 3.8) is 0 Å². The van der Waals surface area contributed by atoms with E-state index in [2.05, 4.69) is 25.9 Å². The molecule has 3 heterocycles. The van der Waals surface area contributed by atoms with Crippen molar-refractivity contribution in [2.75, 3.05) is 43.9 Å². The number of carbonyl (C=O) groups is 4. The van der Waals surface area contributed by atoms with Gasteiger partial charge in [0, 0.05) is 32.8 Å². The van der Waals surface area contributed by atoms with E-state index in [0.717, 1.165) is 5.56 Å². The third-order valence-corrected chi connectivity index (χ3v) is 6.96. The van der Waals surface area contributed by atoms with Crippen LogP contribution in [0.3, 0.4) is 0 Å². The Morgan fingerprint density at radius 1 is 1.02 bits per heavy atom. The van der Waals surface area contributed by atoms with Crippen LogP contribution in [0.15, 0.2) is 42.6 Å². The summed E-state index contributed by atoms with van der Waals surface area (Å²) in [6, 6.07) is 9.23. The summed E-state index contributed by atoms with van der Waals surface area (Å²) in [6.45, 7) is 4.19. The summed E-state index contributed by atoms with van der Waals surface area (Å²) in [5, 5.41) is 8.50. The number of benzene rings is 1. The topological polar surface area (TPSA) is 172 Å². The normalized spacial score (nSPS) is 24.7. The molecule has 41 heavy (non-hydrogen) atoms. The first kappa shape index (κ1) is 29.7. The van der Waals surface area contributed by atoms with Gasteiger partial charge >= 0.3 is 0 Å². The van der Waals surface area contributed by atoms with E-state index in [-0.39, 0.29) is 43.8 Å². The van der Waals surface area contributed by atoms with E-state index in [1.54, 1.807) is 6.07 Å². The highest BCUT2D eigenvalue weighted by atomic mass is 16.5. The molecule has 2 aliphatic rings. The fourth-order valence-electron chi connectivity index (χ4n) is 4.98. The largest absolute Gasteiger partial charge is 0.368 e. The van der Waals surface area contributed by atoms with Gasteiger partial charge in [0.25, 0.3) is 5.91 Å². The number of likely N-dealkylation sites (N-methyl/N-ethyl adjacent to an activating group) is 1. The number of aromatic nitrogens is 2. The molecule has 2 aliphatic heterocycles. The molecule has 0 aliphatic carbocycles. The summed E-state index contributed by atoms with van der Waals surface area (Å²) in [5.41, 5.74) is 6.65. The quantitative estimate of drug-likeness (QED) is 0.372. The second kappa shape index (κ2) is 13.4. The molecule has 0 spiro atoms. The zero-order valence-corrected chi connectivity index (χ0v) is 23.6. The molecule has 13 heteroatoms. The summed E-state index contributed by atoms with van der Waals surface area (Å²) < 4.78 is 6.15. The van der Waals surface area contributed by atoms with Gasteiger partial charge in [-0.2, -0.15) is 4.98 Å². The van der Waals surface area contributed by atoms with Crippen molar-refractivity contribution in [2.45, 2.75) is 51.0 Å². The zero-order valence-electron chi connectivity index (χ0n) is 23.6. The highest BCUT2D eigenvalue weighted by Gasteiger charge is 2.37. The molecule has 5 N–H and O–H groups in total. The van der Waals surface area contributed by atoms with Gasteiger partial charge in [0.15, 0.2) is 6.10 Å². The van der Waals surface area contributed by atoms with Crippen molar-refractivity contribution in [1.82, 2.24) is 30.8 Å². The molecule has 2 bridgehead atoms. The molecular weight excluding hydrogens is 528 g/mol. The Bertz CT molecular complexity index is 1240. The number of ether oxygens (including phenoxy) is 1. The van der Waals surface area contributed by atoms with Crippen LogP contribution in [0.4, 0.5) is 11.8 Å². The third kappa shape index (κ3) is 8.13. The van der Waals surface area contributed by atoms with Gasteiger partial charge in [-0.15, -0.1) is 0 Å². The molecule has 13 nitrogen and oxygen atoms in total. The van der Waals surface area contributed by atoms with Crippen molar-refractivity contribution in [3.8, 4) is 0 Å². The summed E-state index contributed by atoms with van der Waals surface area (Å²) in [7, 11) is 1.50. The van der Waals surface area contributed by atoms with Crippen molar-refractivity contribution in [3.05, 3.63) is 48.2 Å². The first-order chi connectivity index (χ1) is 19.6. The number of hydrogen-bond acceptors (Lipinski definition) is 9. The second-order valence-corrected chi connectivity index (χ2v) is 10.9. The minimum absolute atomic E-state index is 0.0852. The third-order valence-electron chi connectivity index (χ3n) is 6.96. The lowest BCUT2D eigenvalue weighted by molar-refractivity contribution is -0.143. The number of carbonyl (C=O) groups excluding carboxylic acids is 4. The van der Waals surface area contributed by atoms with Gasteiger partial charge in [0.2, 0.25) is 23.7 Å². The molecule has 2 aromatic rings. The summed E-state index contributed by atoms with van der Waals surface area (Å²) >= 11 is 0. The van der Waals surface area contributed by atoms with Gasteiger partial charge in [0.05, 0.1) is 19.2 Å². The molecule has 0 radical (unpaired) electrons. The van der Waals surface area contributed by atoms with Crippen molar-refractivity contribution >= 4 is 35.4 Å². The van der Waals surface area contributed by atoms with Gasteiger partial charge in [-0.1, -0.05) is 44.2 Å². The van der Waals surface area contributed by atoms with Gasteiger partial charge in [-0.3, -0.25) is 19.2 Å². The zero-order chi connectivity index (χ0) is 29.5. The summed E-state index contributed by atoms with van der Waals surface area (Å²) in [5.74, 6) is -1.05. The average molecular weight is 567 g/mol.